The summed E-state index contributed by atoms with van der Waals surface area (Å²) in [6.07, 6.45) is 0. The summed E-state index contributed by atoms with van der Waals surface area (Å²) in [5, 5.41) is 4.66. The Labute approximate surface area is 349 Å². The van der Waals surface area contributed by atoms with Crippen LogP contribution in [0.3, 0.4) is 0 Å². The van der Waals surface area contributed by atoms with E-state index >= 15 is 0 Å². The molecule has 1 heterocycles. The molecule has 0 fully saturated rings. The Hall–Kier alpha value is -7.94. The molecule has 0 saturated carbocycles. The van der Waals surface area contributed by atoms with Gasteiger partial charge in [-0.05, 0) is 97.2 Å². The fraction of sp³-hybridized carbons (Fsp3) is 0. The van der Waals surface area contributed by atoms with Crippen molar-refractivity contribution >= 4 is 49.8 Å². The standard InChI is InChI=1S/C58H39NO/c1-4-15-41(16-5-1)51-38-33-46(39-55(51)44-19-8-3-9-20-44)40-29-34-47(35-30-40)59(48-36-31-45(32-37-48)50-24-12-22-42-21-10-11-23-49(42)50)56-28-14-27-54-53-26-13-25-52(57(53)60-58(54)56)43-17-6-2-7-18-43/h1-39H. The van der Waals surface area contributed by atoms with Gasteiger partial charge in [-0.1, -0.05) is 200 Å². The van der Waals surface area contributed by atoms with E-state index in [-0.39, 0.29) is 0 Å². The van der Waals surface area contributed by atoms with Crippen molar-refractivity contribution in [3.05, 3.63) is 237 Å². The normalized spacial score (nSPS) is 11.3. The summed E-state index contributed by atoms with van der Waals surface area (Å²) in [4.78, 5) is 2.33. The van der Waals surface area contributed by atoms with Gasteiger partial charge in [0.15, 0.2) is 5.58 Å². The minimum absolute atomic E-state index is 0.849. The highest BCUT2D eigenvalue weighted by Crippen LogP contribution is 2.45. The maximum absolute atomic E-state index is 6.99. The van der Waals surface area contributed by atoms with Gasteiger partial charge in [-0.3, -0.25) is 0 Å². The highest BCUT2D eigenvalue weighted by Gasteiger charge is 2.21. The molecule has 2 heteroatoms. The number of anilines is 3. The topological polar surface area (TPSA) is 16.4 Å². The van der Waals surface area contributed by atoms with Gasteiger partial charge in [0.2, 0.25) is 0 Å². The summed E-state index contributed by atoms with van der Waals surface area (Å²) in [6.45, 7) is 0. The summed E-state index contributed by atoms with van der Waals surface area (Å²) >= 11 is 0. The predicted molar refractivity (Wildman–Crippen MR) is 253 cm³/mol. The van der Waals surface area contributed by atoms with Crippen molar-refractivity contribution in [3.8, 4) is 55.6 Å². The van der Waals surface area contributed by atoms with Crippen LogP contribution in [0.25, 0.3) is 88.3 Å². The molecule has 0 aliphatic heterocycles. The molecule has 11 aromatic rings. The molecule has 1 aromatic heterocycles. The maximum Gasteiger partial charge on any atom is 0.159 e. The van der Waals surface area contributed by atoms with Gasteiger partial charge >= 0.3 is 0 Å². The van der Waals surface area contributed by atoms with Gasteiger partial charge in [-0.25, -0.2) is 0 Å². The van der Waals surface area contributed by atoms with E-state index in [9.17, 15) is 0 Å². The van der Waals surface area contributed by atoms with Crippen LogP contribution in [0, 0.1) is 0 Å². The molecule has 282 valence electrons. The zero-order chi connectivity index (χ0) is 39.8. The number of hydrogen-bond donors (Lipinski definition) is 0. The Morgan fingerprint density at radius 3 is 1.42 bits per heavy atom. The zero-order valence-corrected chi connectivity index (χ0v) is 32.9. The monoisotopic (exact) mass is 765 g/mol. The summed E-state index contributed by atoms with van der Waals surface area (Å²) in [6, 6.07) is 84.6. The van der Waals surface area contributed by atoms with Gasteiger partial charge in [-0.15, -0.1) is 0 Å². The van der Waals surface area contributed by atoms with Crippen molar-refractivity contribution in [1.29, 1.82) is 0 Å². The van der Waals surface area contributed by atoms with Crippen molar-refractivity contribution in [3.63, 3.8) is 0 Å². The van der Waals surface area contributed by atoms with Gasteiger partial charge in [0, 0.05) is 27.7 Å². The molecule has 0 N–H and O–H groups in total. The fourth-order valence-corrected chi connectivity index (χ4v) is 8.77. The number of nitrogens with zero attached hydrogens (tertiary/aromatic N) is 1. The van der Waals surface area contributed by atoms with Crippen LogP contribution in [0.1, 0.15) is 0 Å². The lowest BCUT2D eigenvalue weighted by molar-refractivity contribution is 0.670. The first kappa shape index (κ1) is 35.2. The molecule has 0 radical (unpaired) electrons. The van der Waals surface area contributed by atoms with E-state index in [4.69, 9.17) is 4.42 Å². The van der Waals surface area contributed by atoms with Crippen LogP contribution in [0.4, 0.5) is 17.1 Å². The molecular weight excluding hydrogens is 727 g/mol. The summed E-state index contributed by atoms with van der Waals surface area (Å²) in [5.41, 5.74) is 16.6. The van der Waals surface area contributed by atoms with Gasteiger partial charge in [0.25, 0.3) is 0 Å². The van der Waals surface area contributed by atoms with Crippen LogP contribution in [-0.4, -0.2) is 0 Å². The van der Waals surface area contributed by atoms with E-state index < -0.39 is 0 Å². The fourth-order valence-electron chi connectivity index (χ4n) is 8.77. The third kappa shape index (κ3) is 6.32. The summed E-state index contributed by atoms with van der Waals surface area (Å²) < 4.78 is 6.99. The largest absolute Gasteiger partial charge is 0.453 e. The number of furan rings is 1. The van der Waals surface area contributed by atoms with E-state index in [0.717, 1.165) is 55.7 Å². The average molecular weight is 766 g/mol. The zero-order valence-electron chi connectivity index (χ0n) is 32.9. The Bertz CT molecular complexity index is 3270. The minimum atomic E-state index is 0.849. The molecule has 10 aromatic carbocycles. The molecular formula is C58H39NO. The SMILES string of the molecule is c1ccc(-c2ccc(-c3ccc(N(c4ccc(-c5cccc6ccccc56)cc4)c4cccc5c4oc4c(-c6ccccc6)cccc45)cc3)cc2-c2ccccc2)cc1. The quantitative estimate of drug-likeness (QED) is 0.153. The Kier molecular flexibility index (Phi) is 8.87. The molecule has 0 bridgehead atoms. The van der Waals surface area contributed by atoms with Crippen LogP contribution >= 0.6 is 0 Å². The molecule has 0 atom stereocenters. The molecule has 0 aliphatic carbocycles. The van der Waals surface area contributed by atoms with Crippen molar-refractivity contribution < 1.29 is 4.42 Å². The lowest BCUT2D eigenvalue weighted by Gasteiger charge is -2.26. The lowest BCUT2D eigenvalue weighted by Crippen LogP contribution is -2.10. The van der Waals surface area contributed by atoms with E-state index in [2.05, 4.69) is 241 Å². The van der Waals surface area contributed by atoms with Crippen LogP contribution in [-0.2, 0) is 0 Å². The van der Waals surface area contributed by atoms with Gasteiger partial charge < -0.3 is 9.32 Å². The van der Waals surface area contributed by atoms with E-state index in [1.165, 1.54) is 49.7 Å². The summed E-state index contributed by atoms with van der Waals surface area (Å²) in [7, 11) is 0. The summed E-state index contributed by atoms with van der Waals surface area (Å²) in [5.74, 6) is 0. The molecule has 2 nitrogen and oxygen atoms in total. The minimum Gasteiger partial charge on any atom is -0.453 e. The van der Waals surface area contributed by atoms with Gasteiger partial charge in [-0.2, -0.15) is 0 Å². The lowest BCUT2D eigenvalue weighted by atomic mass is 9.91. The van der Waals surface area contributed by atoms with E-state index in [1.807, 2.05) is 0 Å². The third-order valence-corrected chi connectivity index (χ3v) is 11.7. The highest BCUT2D eigenvalue weighted by molar-refractivity contribution is 6.13. The molecule has 0 unspecified atom stereocenters. The smallest absolute Gasteiger partial charge is 0.159 e. The number of fused-ring (bicyclic) bond motifs is 4. The first-order valence-electron chi connectivity index (χ1n) is 20.5. The second-order valence-electron chi connectivity index (χ2n) is 15.3. The number of rotatable bonds is 8. The van der Waals surface area contributed by atoms with Crippen molar-refractivity contribution in [1.82, 2.24) is 0 Å². The number of benzene rings is 10. The third-order valence-electron chi connectivity index (χ3n) is 11.7. The van der Waals surface area contributed by atoms with E-state index in [1.54, 1.807) is 0 Å². The molecule has 0 saturated heterocycles. The van der Waals surface area contributed by atoms with Crippen LogP contribution in [0.15, 0.2) is 241 Å². The second kappa shape index (κ2) is 15.1. The first-order chi connectivity index (χ1) is 29.8. The number of hydrogen-bond acceptors (Lipinski definition) is 2. The first-order valence-corrected chi connectivity index (χ1v) is 20.5. The Morgan fingerprint density at radius 2 is 0.733 bits per heavy atom. The second-order valence-corrected chi connectivity index (χ2v) is 15.3. The molecule has 11 rings (SSSR count). The van der Waals surface area contributed by atoms with Crippen molar-refractivity contribution in [2.24, 2.45) is 0 Å². The van der Waals surface area contributed by atoms with E-state index in [0.29, 0.717) is 0 Å². The Balaban J connectivity index is 1.05. The maximum atomic E-state index is 6.99. The van der Waals surface area contributed by atoms with Crippen molar-refractivity contribution in [2.45, 2.75) is 0 Å². The molecule has 60 heavy (non-hydrogen) atoms. The van der Waals surface area contributed by atoms with Crippen LogP contribution < -0.4 is 4.90 Å². The molecule has 0 amide bonds. The van der Waals surface area contributed by atoms with Crippen LogP contribution in [0.2, 0.25) is 0 Å². The predicted octanol–water partition coefficient (Wildman–Crippen LogP) is 16.5. The van der Waals surface area contributed by atoms with Crippen LogP contribution in [0.5, 0.6) is 0 Å². The average Bonchev–Trinajstić information content (AvgIpc) is 3.72. The highest BCUT2D eigenvalue weighted by atomic mass is 16.3. The van der Waals surface area contributed by atoms with Gasteiger partial charge in [0.05, 0.1) is 5.69 Å². The number of para-hydroxylation sites is 2. The van der Waals surface area contributed by atoms with Gasteiger partial charge in [0.1, 0.15) is 5.58 Å². The molecule has 0 aliphatic rings. The van der Waals surface area contributed by atoms with Crippen molar-refractivity contribution in [2.75, 3.05) is 4.90 Å². The molecule has 0 spiro atoms. The Morgan fingerprint density at radius 1 is 0.267 bits per heavy atom.